The van der Waals surface area contributed by atoms with Gasteiger partial charge in [0.1, 0.15) is 0 Å². The Morgan fingerprint density at radius 1 is 1.36 bits per heavy atom. The highest BCUT2D eigenvalue weighted by atomic mass is 16.2. The van der Waals surface area contributed by atoms with Gasteiger partial charge in [0.2, 0.25) is 5.91 Å². The van der Waals surface area contributed by atoms with E-state index >= 15 is 0 Å². The fraction of sp³-hybridized carbons (Fsp3) is 0.875. The van der Waals surface area contributed by atoms with Gasteiger partial charge < -0.3 is 9.80 Å². The summed E-state index contributed by atoms with van der Waals surface area (Å²) in [6.07, 6.45) is 0. The quantitative estimate of drug-likeness (QED) is 0.494. The Morgan fingerprint density at radius 2 is 2.00 bits per heavy atom. The molecule has 1 unspecified atom stereocenters. The molecule has 3 heteroatoms. The molecule has 0 radical (unpaired) electrons. The summed E-state index contributed by atoms with van der Waals surface area (Å²) in [5.41, 5.74) is 0. The molecular weight excluding hydrogens is 140 g/mol. The van der Waals surface area contributed by atoms with Crippen LogP contribution in [-0.4, -0.2) is 49.4 Å². The predicted molar refractivity (Wildman–Crippen MR) is 44.3 cm³/mol. The fourth-order valence-corrected chi connectivity index (χ4v) is 1.44. The monoisotopic (exact) mass is 156 g/mol. The average molecular weight is 156 g/mol. The van der Waals surface area contributed by atoms with Crippen molar-refractivity contribution >= 4 is 5.91 Å². The molecule has 1 heterocycles. The first-order valence-corrected chi connectivity index (χ1v) is 4.05. The van der Waals surface area contributed by atoms with Crippen LogP contribution in [0.25, 0.3) is 0 Å². The summed E-state index contributed by atoms with van der Waals surface area (Å²) in [6, 6.07) is 0. The molecule has 0 aromatic rings. The van der Waals surface area contributed by atoms with E-state index in [1.54, 1.807) is 0 Å². The van der Waals surface area contributed by atoms with Crippen molar-refractivity contribution in [3.8, 4) is 0 Å². The molecule has 0 aromatic heterocycles. The van der Waals surface area contributed by atoms with Gasteiger partial charge in [-0.15, -0.1) is 0 Å². The Kier molecular flexibility index (Phi) is 2.49. The van der Waals surface area contributed by atoms with E-state index in [-0.39, 0.29) is 11.8 Å². The second-order valence-electron chi connectivity index (χ2n) is 3.42. The maximum absolute atomic E-state index is 11.4. The van der Waals surface area contributed by atoms with Crippen molar-refractivity contribution in [1.29, 1.82) is 0 Å². The Hall–Kier alpha value is -0.570. The van der Waals surface area contributed by atoms with Crippen molar-refractivity contribution < 1.29 is 4.79 Å². The van der Waals surface area contributed by atoms with Gasteiger partial charge in [-0.2, -0.15) is 0 Å². The van der Waals surface area contributed by atoms with Crippen molar-refractivity contribution in [1.82, 2.24) is 9.80 Å². The van der Waals surface area contributed by atoms with Gasteiger partial charge in [0.25, 0.3) is 0 Å². The Morgan fingerprint density at radius 3 is 2.64 bits per heavy atom. The molecule has 3 nitrogen and oxygen atoms in total. The zero-order valence-electron chi connectivity index (χ0n) is 7.50. The molecule has 64 valence electrons. The third-order valence-corrected chi connectivity index (χ3v) is 2.20. The van der Waals surface area contributed by atoms with Crippen molar-refractivity contribution in [2.24, 2.45) is 5.92 Å². The lowest BCUT2D eigenvalue weighted by Crippen LogP contribution is -2.31. The van der Waals surface area contributed by atoms with Crippen LogP contribution in [-0.2, 0) is 4.79 Å². The maximum atomic E-state index is 11.4. The van der Waals surface area contributed by atoms with Gasteiger partial charge in [0.05, 0.1) is 0 Å². The van der Waals surface area contributed by atoms with Gasteiger partial charge in [0, 0.05) is 32.6 Å². The summed E-state index contributed by atoms with van der Waals surface area (Å²) in [4.78, 5) is 15.4. The van der Waals surface area contributed by atoms with Crippen LogP contribution in [0.5, 0.6) is 0 Å². The number of carbonyl (C=O) groups excluding carboxylic acids is 1. The highest BCUT2D eigenvalue weighted by Gasteiger charge is 2.22. The highest BCUT2D eigenvalue weighted by molar-refractivity contribution is 5.78. The van der Waals surface area contributed by atoms with Crippen LogP contribution in [0, 0.1) is 5.92 Å². The summed E-state index contributed by atoms with van der Waals surface area (Å²) in [6.45, 7) is 4.73. The zero-order valence-corrected chi connectivity index (χ0v) is 7.50. The summed E-state index contributed by atoms with van der Waals surface area (Å²) >= 11 is 0. The second-order valence-corrected chi connectivity index (χ2v) is 3.42. The molecule has 1 aliphatic rings. The number of rotatable bonds is 0. The van der Waals surface area contributed by atoms with Gasteiger partial charge in [-0.05, 0) is 7.05 Å². The molecule has 1 saturated heterocycles. The van der Waals surface area contributed by atoms with E-state index in [0.29, 0.717) is 0 Å². The first-order chi connectivity index (χ1) is 5.11. The number of carbonyl (C=O) groups is 1. The summed E-state index contributed by atoms with van der Waals surface area (Å²) in [5, 5.41) is 0. The zero-order chi connectivity index (χ0) is 8.43. The minimum Gasteiger partial charge on any atom is -0.344 e. The molecule has 1 aliphatic heterocycles. The van der Waals surface area contributed by atoms with Crippen molar-refractivity contribution in [2.75, 3.05) is 33.7 Å². The number of amides is 1. The molecule has 0 N–H and O–H groups in total. The standard InChI is InChI=1S/C8H16N2O/c1-7-6-9(2)4-5-10(3)8(7)11/h7H,4-6H2,1-3H3. The maximum Gasteiger partial charge on any atom is 0.226 e. The molecule has 0 aromatic carbocycles. The van der Waals surface area contributed by atoms with Gasteiger partial charge >= 0.3 is 0 Å². The number of hydrogen-bond donors (Lipinski definition) is 0. The topological polar surface area (TPSA) is 23.6 Å². The SMILES string of the molecule is CC1CN(C)CCN(C)C1=O. The molecule has 11 heavy (non-hydrogen) atoms. The molecule has 1 fully saturated rings. The van der Waals surface area contributed by atoms with E-state index in [4.69, 9.17) is 0 Å². The van der Waals surface area contributed by atoms with Crippen LogP contribution in [0.1, 0.15) is 6.92 Å². The van der Waals surface area contributed by atoms with Gasteiger partial charge in [-0.3, -0.25) is 4.79 Å². The van der Waals surface area contributed by atoms with Crippen LogP contribution in [0.3, 0.4) is 0 Å². The van der Waals surface area contributed by atoms with Crippen LogP contribution >= 0.6 is 0 Å². The fourth-order valence-electron chi connectivity index (χ4n) is 1.44. The molecule has 0 saturated carbocycles. The lowest BCUT2D eigenvalue weighted by Gasteiger charge is -2.15. The number of likely N-dealkylation sites (N-methyl/N-ethyl adjacent to an activating group) is 2. The smallest absolute Gasteiger partial charge is 0.226 e. The Balaban J connectivity index is 2.61. The predicted octanol–water partition coefficient (Wildman–Crippen LogP) is 0.0263. The van der Waals surface area contributed by atoms with E-state index in [9.17, 15) is 4.79 Å². The minimum absolute atomic E-state index is 0.160. The van der Waals surface area contributed by atoms with Gasteiger partial charge in [0.15, 0.2) is 0 Å². The van der Waals surface area contributed by atoms with Crippen molar-refractivity contribution in [2.45, 2.75) is 6.92 Å². The first-order valence-electron chi connectivity index (χ1n) is 4.05. The van der Waals surface area contributed by atoms with Crippen LogP contribution < -0.4 is 0 Å². The lowest BCUT2D eigenvalue weighted by atomic mass is 10.1. The van der Waals surface area contributed by atoms with Crippen LogP contribution in [0.15, 0.2) is 0 Å². The first kappa shape index (κ1) is 8.53. The van der Waals surface area contributed by atoms with Crippen molar-refractivity contribution in [3.63, 3.8) is 0 Å². The molecule has 0 aliphatic carbocycles. The Labute approximate surface area is 68.0 Å². The lowest BCUT2D eigenvalue weighted by molar-refractivity contribution is -0.132. The molecular formula is C8H16N2O. The minimum atomic E-state index is 0.160. The summed E-state index contributed by atoms with van der Waals surface area (Å²) in [7, 11) is 3.93. The second kappa shape index (κ2) is 3.22. The summed E-state index contributed by atoms with van der Waals surface area (Å²) < 4.78 is 0. The Bertz CT molecular complexity index is 158. The van der Waals surface area contributed by atoms with E-state index in [0.717, 1.165) is 19.6 Å². The van der Waals surface area contributed by atoms with E-state index < -0.39 is 0 Å². The average Bonchev–Trinajstić information content (AvgIpc) is 2.05. The normalized spacial score (nSPS) is 28.8. The third kappa shape index (κ3) is 1.93. The molecule has 1 atom stereocenters. The molecule has 1 amide bonds. The number of hydrogen-bond acceptors (Lipinski definition) is 2. The van der Waals surface area contributed by atoms with E-state index in [1.807, 2.05) is 18.9 Å². The molecule has 0 spiro atoms. The largest absolute Gasteiger partial charge is 0.344 e. The number of nitrogens with zero attached hydrogens (tertiary/aromatic N) is 2. The summed E-state index contributed by atoms with van der Waals surface area (Å²) in [5.74, 6) is 0.432. The molecule has 0 bridgehead atoms. The van der Waals surface area contributed by atoms with Crippen molar-refractivity contribution in [3.05, 3.63) is 0 Å². The third-order valence-electron chi connectivity index (χ3n) is 2.20. The molecule has 1 rings (SSSR count). The van der Waals surface area contributed by atoms with E-state index in [1.165, 1.54) is 0 Å². The highest BCUT2D eigenvalue weighted by Crippen LogP contribution is 2.06. The van der Waals surface area contributed by atoms with Crippen LogP contribution in [0.4, 0.5) is 0 Å². The van der Waals surface area contributed by atoms with Gasteiger partial charge in [-0.25, -0.2) is 0 Å². The van der Waals surface area contributed by atoms with E-state index in [2.05, 4.69) is 11.9 Å². The van der Waals surface area contributed by atoms with Crippen LogP contribution in [0.2, 0.25) is 0 Å². The van der Waals surface area contributed by atoms with Gasteiger partial charge in [-0.1, -0.05) is 6.92 Å².